The van der Waals surface area contributed by atoms with E-state index in [4.69, 9.17) is 6.42 Å². The zero-order chi connectivity index (χ0) is 11.7. The first-order valence-corrected chi connectivity index (χ1v) is 6.08. The van der Waals surface area contributed by atoms with Crippen molar-refractivity contribution < 1.29 is 4.79 Å². The lowest BCUT2D eigenvalue weighted by atomic mass is 10.1. The molecule has 1 saturated heterocycles. The summed E-state index contributed by atoms with van der Waals surface area (Å²) in [5.41, 5.74) is 1.13. The fraction of sp³-hybridized carbons (Fsp3) is 0.333. The molecule has 1 amide bonds. The minimum atomic E-state index is 0.0221. The van der Waals surface area contributed by atoms with E-state index in [9.17, 15) is 4.79 Å². The van der Waals surface area contributed by atoms with Crippen LogP contribution in [-0.2, 0) is 4.79 Å². The maximum absolute atomic E-state index is 11.7. The number of hydrogen-bond donors (Lipinski definition) is 0. The molecule has 2 rings (SSSR count). The van der Waals surface area contributed by atoms with Crippen LogP contribution in [0.3, 0.4) is 0 Å². The number of pyridine rings is 1. The highest BCUT2D eigenvalue weighted by molar-refractivity contribution is 14.1. The molecule has 1 aromatic rings. The molecule has 0 aromatic carbocycles. The highest BCUT2D eigenvalue weighted by Gasteiger charge is 2.30. The zero-order valence-electron chi connectivity index (χ0n) is 8.90. The number of hydrogen-bond acceptors (Lipinski definition) is 2. The molecule has 0 bridgehead atoms. The standard InChI is InChI=1S/C12H11IN2O/c1-3-9-5-12(16)15(7-9)11-4-8(2)10(13)6-14-11/h1,4,6,9H,5,7H2,2H3. The van der Waals surface area contributed by atoms with Crippen molar-refractivity contribution >= 4 is 34.3 Å². The van der Waals surface area contributed by atoms with Crippen LogP contribution in [-0.4, -0.2) is 17.4 Å². The summed E-state index contributed by atoms with van der Waals surface area (Å²) >= 11 is 2.22. The Labute approximate surface area is 108 Å². The van der Waals surface area contributed by atoms with E-state index in [1.54, 1.807) is 11.1 Å². The van der Waals surface area contributed by atoms with Gasteiger partial charge in [0.25, 0.3) is 0 Å². The van der Waals surface area contributed by atoms with Crippen molar-refractivity contribution in [1.82, 2.24) is 4.98 Å². The summed E-state index contributed by atoms with van der Waals surface area (Å²) in [6.45, 7) is 2.59. The number of anilines is 1. The quantitative estimate of drug-likeness (QED) is 0.584. The summed E-state index contributed by atoms with van der Waals surface area (Å²) in [5.74, 6) is 3.43. The molecule has 1 aliphatic heterocycles. The molecule has 82 valence electrons. The Morgan fingerprint density at radius 1 is 1.69 bits per heavy atom. The summed E-state index contributed by atoms with van der Waals surface area (Å²) in [6, 6.07) is 1.93. The Morgan fingerprint density at radius 2 is 2.44 bits per heavy atom. The highest BCUT2D eigenvalue weighted by Crippen LogP contribution is 2.24. The van der Waals surface area contributed by atoms with Crippen LogP contribution in [0.4, 0.5) is 5.82 Å². The average Bonchev–Trinajstić information content (AvgIpc) is 2.64. The maximum atomic E-state index is 11.7. The third-order valence-electron chi connectivity index (χ3n) is 2.67. The topological polar surface area (TPSA) is 33.2 Å². The van der Waals surface area contributed by atoms with Crippen LogP contribution in [0.5, 0.6) is 0 Å². The number of amides is 1. The van der Waals surface area contributed by atoms with Gasteiger partial charge in [0.15, 0.2) is 0 Å². The number of halogens is 1. The highest BCUT2D eigenvalue weighted by atomic mass is 127. The molecule has 1 aliphatic rings. The van der Waals surface area contributed by atoms with E-state index in [0.29, 0.717) is 18.8 Å². The third-order valence-corrected chi connectivity index (χ3v) is 3.80. The summed E-state index contributed by atoms with van der Waals surface area (Å²) in [6.07, 6.45) is 7.55. The normalized spacial score (nSPS) is 19.9. The molecule has 1 aromatic heterocycles. The number of terminal acetylenes is 1. The van der Waals surface area contributed by atoms with Gasteiger partial charge in [0.1, 0.15) is 5.82 Å². The van der Waals surface area contributed by atoms with E-state index in [-0.39, 0.29) is 11.8 Å². The van der Waals surface area contributed by atoms with Gasteiger partial charge >= 0.3 is 0 Å². The number of carbonyl (C=O) groups excluding carboxylic acids is 1. The largest absolute Gasteiger partial charge is 0.296 e. The van der Waals surface area contributed by atoms with Crippen molar-refractivity contribution in [3.8, 4) is 12.3 Å². The smallest absolute Gasteiger partial charge is 0.229 e. The minimum absolute atomic E-state index is 0.0221. The summed E-state index contributed by atoms with van der Waals surface area (Å²) in [7, 11) is 0. The molecule has 16 heavy (non-hydrogen) atoms. The Bertz CT molecular complexity index is 478. The van der Waals surface area contributed by atoms with E-state index in [0.717, 1.165) is 9.13 Å². The van der Waals surface area contributed by atoms with Gasteiger partial charge in [-0.25, -0.2) is 4.98 Å². The molecule has 3 nitrogen and oxygen atoms in total. The monoisotopic (exact) mass is 326 g/mol. The lowest BCUT2D eigenvalue weighted by molar-refractivity contribution is -0.117. The van der Waals surface area contributed by atoms with Gasteiger partial charge in [0.2, 0.25) is 5.91 Å². The van der Waals surface area contributed by atoms with Gasteiger partial charge in [-0.05, 0) is 41.1 Å². The van der Waals surface area contributed by atoms with E-state index in [1.165, 1.54) is 0 Å². The van der Waals surface area contributed by atoms with Crippen molar-refractivity contribution in [2.24, 2.45) is 5.92 Å². The Hall–Kier alpha value is -1.09. The van der Waals surface area contributed by atoms with Crippen LogP contribution in [0.1, 0.15) is 12.0 Å². The van der Waals surface area contributed by atoms with Gasteiger partial charge in [-0.3, -0.25) is 9.69 Å². The number of carbonyl (C=O) groups is 1. The second-order valence-electron chi connectivity index (χ2n) is 3.86. The molecular formula is C12H11IN2O. The molecule has 0 N–H and O–H groups in total. The lowest BCUT2D eigenvalue weighted by Crippen LogP contribution is -2.25. The van der Waals surface area contributed by atoms with Gasteiger partial charge in [-0.15, -0.1) is 12.3 Å². The van der Waals surface area contributed by atoms with E-state index < -0.39 is 0 Å². The second-order valence-corrected chi connectivity index (χ2v) is 5.03. The van der Waals surface area contributed by atoms with Crippen LogP contribution in [0.2, 0.25) is 0 Å². The Kier molecular flexibility index (Phi) is 3.15. The molecule has 1 atom stereocenters. The molecule has 0 saturated carbocycles. The van der Waals surface area contributed by atoms with Crippen LogP contribution in [0.15, 0.2) is 12.3 Å². The summed E-state index contributed by atoms with van der Waals surface area (Å²) in [4.78, 5) is 17.7. The van der Waals surface area contributed by atoms with Gasteiger partial charge in [-0.2, -0.15) is 0 Å². The number of rotatable bonds is 1. The molecular weight excluding hydrogens is 315 g/mol. The van der Waals surface area contributed by atoms with Crippen molar-refractivity contribution in [2.45, 2.75) is 13.3 Å². The van der Waals surface area contributed by atoms with Gasteiger partial charge in [0.05, 0.1) is 0 Å². The SMILES string of the molecule is C#CC1CC(=O)N(c2cc(C)c(I)cn2)C1. The van der Waals surface area contributed by atoms with Gasteiger partial charge < -0.3 is 0 Å². The van der Waals surface area contributed by atoms with Crippen LogP contribution in [0, 0.1) is 28.8 Å². The van der Waals surface area contributed by atoms with Gasteiger partial charge in [-0.1, -0.05) is 0 Å². The number of aromatic nitrogens is 1. The third kappa shape index (κ3) is 2.05. The number of aryl methyl sites for hydroxylation is 1. The molecule has 2 heterocycles. The van der Waals surface area contributed by atoms with E-state index in [2.05, 4.69) is 33.5 Å². The second kappa shape index (κ2) is 4.42. The van der Waals surface area contributed by atoms with Gasteiger partial charge in [0, 0.05) is 28.7 Å². The van der Waals surface area contributed by atoms with Crippen LogP contribution in [0.25, 0.3) is 0 Å². The molecule has 0 aliphatic carbocycles. The first-order valence-electron chi connectivity index (χ1n) is 5.00. The fourth-order valence-corrected chi connectivity index (χ4v) is 2.01. The Morgan fingerprint density at radius 3 is 3.00 bits per heavy atom. The molecule has 1 unspecified atom stereocenters. The molecule has 0 radical (unpaired) electrons. The maximum Gasteiger partial charge on any atom is 0.229 e. The fourth-order valence-electron chi connectivity index (χ4n) is 1.71. The predicted molar refractivity (Wildman–Crippen MR) is 71.0 cm³/mol. The zero-order valence-corrected chi connectivity index (χ0v) is 11.1. The van der Waals surface area contributed by atoms with E-state index in [1.807, 2.05) is 13.0 Å². The summed E-state index contributed by atoms with van der Waals surface area (Å²) < 4.78 is 1.10. The van der Waals surface area contributed by atoms with E-state index >= 15 is 0 Å². The summed E-state index contributed by atoms with van der Waals surface area (Å²) in [5, 5.41) is 0. The van der Waals surface area contributed by atoms with Crippen molar-refractivity contribution in [1.29, 1.82) is 0 Å². The molecule has 0 spiro atoms. The van der Waals surface area contributed by atoms with Crippen molar-refractivity contribution in [3.05, 3.63) is 21.4 Å². The Balaban J connectivity index is 2.29. The minimum Gasteiger partial charge on any atom is -0.296 e. The van der Waals surface area contributed by atoms with Crippen LogP contribution < -0.4 is 4.90 Å². The molecule has 4 heteroatoms. The first-order chi connectivity index (χ1) is 7.61. The van der Waals surface area contributed by atoms with Crippen molar-refractivity contribution in [2.75, 3.05) is 11.4 Å². The van der Waals surface area contributed by atoms with Crippen LogP contribution >= 0.6 is 22.6 Å². The number of nitrogens with zero attached hydrogens (tertiary/aromatic N) is 2. The predicted octanol–water partition coefficient (Wildman–Crippen LogP) is 1.98. The first kappa shape index (κ1) is 11.4. The average molecular weight is 326 g/mol. The lowest BCUT2D eigenvalue weighted by Gasteiger charge is -2.15. The molecule has 1 fully saturated rings. The van der Waals surface area contributed by atoms with Crippen molar-refractivity contribution in [3.63, 3.8) is 0 Å².